The molecule has 0 aliphatic carbocycles. The number of pyridine rings is 1. The molecule has 1 nitrogen and oxygen atoms in total. The molecule has 0 saturated heterocycles. The Labute approximate surface area is 57.7 Å². The van der Waals surface area contributed by atoms with Crippen LogP contribution in [0.3, 0.4) is 0 Å². The van der Waals surface area contributed by atoms with Crippen LogP contribution in [0, 0.1) is 0 Å². The highest BCUT2D eigenvalue weighted by Crippen LogP contribution is 1.99. The summed E-state index contributed by atoms with van der Waals surface area (Å²) in [6, 6.07) is 3.94. The zero-order valence-corrected chi connectivity index (χ0v) is 6.14. The summed E-state index contributed by atoms with van der Waals surface area (Å²) >= 11 is 3.23. The van der Waals surface area contributed by atoms with Gasteiger partial charge in [0.2, 0.25) is 0 Å². The molecule has 0 amide bonds. The van der Waals surface area contributed by atoms with E-state index in [0.717, 1.165) is 4.60 Å². The van der Waals surface area contributed by atoms with Crippen LogP contribution in [-0.4, -0.2) is 12.8 Å². The molecule has 3 heteroatoms. The maximum absolute atomic E-state index is 4.00. The van der Waals surface area contributed by atoms with E-state index in [1.54, 1.807) is 0 Å². The fourth-order valence-electron chi connectivity index (χ4n) is 0.450. The van der Waals surface area contributed by atoms with Crippen LogP contribution in [0.2, 0.25) is 0 Å². The maximum Gasteiger partial charge on any atom is 0.141 e. The summed E-state index contributed by atoms with van der Waals surface area (Å²) < 4.78 is 0.892. The molecule has 0 radical (unpaired) electrons. The first-order valence-electron chi connectivity index (χ1n) is 2.37. The van der Waals surface area contributed by atoms with Gasteiger partial charge >= 0.3 is 0 Å². The summed E-state index contributed by atoms with van der Waals surface area (Å²) in [6.07, 6.45) is 1.82. The highest BCUT2D eigenvalue weighted by Gasteiger charge is 1.83. The molecule has 0 N–H and O–H groups in total. The molecule has 0 aliphatic rings. The average molecular weight is 170 g/mol. The van der Waals surface area contributed by atoms with E-state index >= 15 is 0 Å². The molecule has 1 rings (SSSR count). The molecule has 1 heterocycles. The van der Waals surface area contributed by atoms with Crippen LogP contribution < -0.4 is 5.46 Å². The second-order valence-electron chi connectivity index (χ2n) is 1.66. The first-order valence-corrected chi connectivity index (χ1v) is 3.16. The smallest absolute Gasteiger partial charge is 0.141 e. The molecule has 1 aromatic heterocycles. The van der Waals surface area contributed by atoms with E-state index in [4.69, 9.17) is 0 Å². The van der Waals surface area contributed by atoms with Crippen LogP contribution in [-0.2, 0) is 0 Å². The van der Waals surface area contributed by atoms with Gasteiger partial charge in [-0.3, -0.25) is 0 Å². The molecule has 0 unspecified atom stereocenters. The predicted octanol–water partition coefficient (Wildman–Crippen LogP) is 0.103. The summed E-state index contributed by atoms with van der Waals surface area (Å²) in [5, 5.41) is 0. The summed E-state index contributed by atoms with van der Waals surface area (Å²) in [5.41, 5.74) is 1.19. The quantitative estimate of drug-likeness (QED) is 0.397. The van der Waals surface area contributed by atoms with Crippen LogP contribution in [0.4, 0.5) is 0 Å². The van der Waals surface area contributed by atoms with Gasteiger partial charge in [-0.25, -0.2) is 4.98 Å². The van der Waals surface area contributed by atoms with E-state index in [9.17, 15) is 0 Å². The molecule has 0 spiro atoms. The topological polar surface area (TPSA) is 12.9 Å². The SMILES string of the molecule is Bc1ccc(Br)nc1. The number of hydrogen-bond acceptors (Lipinski definition) is 1. The summed E-state index contributed by atoms with van der Waals surface area (Å²) in [4.78, 5) is 4.00. The third kappa shape index (κ3) is 1.34. The summed E-state index contributed by atoms with van der Waals surface area (Å²) in [5.74, 6) is 0. The van der Waals surface area contributed by atoms with Crippen LogP contribution in [0.1, 0.15) is 0 Å². The highest BCUT2D eigenvalue weighted by atomic mass is 79.9. The number of halogens is 1. The van der Waals surface area contributed by atoms with Crippen LogP contribution in [0.15, 0.2) is 22.9 Å². The van der Waals surface area contributed by atoms with E-state index < -0.39 is 0 Å². The van der Waals surface area contributed by atoms with E-state index in [0.29, 0.717) is 0 Å². The van der Waals surface area contributed by atoms with Crippen molar-refractivity contribution in [1.82, 2.24) is 4.98 Å². The van der Waals surface area contributed by atoms with Gasteiger partial charge in [0, 0.05) is 6.20 Å². The van der Waals surface area contributed by atoms with Crippen LogP contribution in [0.25, 0.3) is 0 Å². The standard InChI is InChI=1S/C5H5BBrN/c6-4-1-2-5(7)8-3-4/h1-3H,6H2. The lowest BCUT2D eigenvalue weighted by atomic mass is 10.00. The molecular weight excluding hydrogens is 165 g/mol. The number of hydrogen-bond donors (Lipinski definition) is 0. The zero-order valence-electron chi connectivity index (χ0n) is 4.56. The van der Waals surface area contributed by atoms with Crippen molar-refractivity contribution in [2.24, 2.45) is 0 Å². The number of aromatic nitrogens is 1. The molecular formula is C5H5BBrN. The van der Waals surface area contributed by atoms with Gasteiger partial charge in [0.1, 0.15) is 12.4 Å². The van der Waals surface area contributed by atoms with Crippen molar-refractivity contribution in [2.75, 3.05) is 0 Å². The molecule has 0 aliphatic heterocycles. The van der Waals surface area contributed by atoms with E-state index in [-0.39, 0.29) is 0 Å². The minimum absolute atomic E-state index is 0.892. The minimum atomic E-state index is 0.892. The summed E-state index contributed by atoms with van der Waals surface area (Å²) in [6.45, 7) is 0. The predicted molar refractivity (Wildman–Crippen MR) is 40.1 cm³/mol. The molecule has 8 heavy (non-hydrogen) atoms. The fraction of sp³-hybridized carbons (Fsp3) is 0. The molecule has 0 saturated carbocycles. The van der Waals surface area contributed by atoms with E-state index in [2.05, 4.69) is 20.9 Å². The Balaban J connectivity index is 3.03. The maximum atomic E-state index is 4.00. The monoisotopic (exact) mass is 169 g/mol. The van der Waals surface area contributed by atoms with Crippen molar-refractivity contribution >= 4 is 29.2 Å². The second kappa shape index (κ2) is 2.31. The Morgan fingerprint density at radius 3 is 2.62 bits per heavy atom. The van der Waals surface area contributed by atoms with Crippen molar-refractivity contribution in [1.29, 1.82) is 0 Å². The average Bonchev–Trinajstić information content (AvgIpc) is 1.77. The second-order valence-corrected chi connectivity index (χ2v) is 2.47. The number of rotatable bonds is 0. The van der Waals surface area contributed by atoms with Gasteiger partial charge in [0.25, 0.3) is 0 Å². The first-order chi connectivity index (χ1) is 3.79. The Morgan fingerprint density at radius 2 is 2.25 bits per heavy atom. The largest absolute Gasteiger partial charge is 0.250 e. The van der Waals surface area contributed by atoms with Gasteiger partial charge in [0.05, 0.1) is 0 Å². The van der Waals surface area contributed by atoms with Gasteiger partial charge in [-0.1, -0.05) is 11.5 Å². The van der Waals surface area contributed by atoms with Crippen molar-refractivity contribution < 1.29 is 0 Å². The fourth-order valence-corrected chi connectivity index (χ4v) is 0.684. The lowest BCUT2D eigenvalue weighted by Gasteiger charge is -1.87. The summed E-state index contributed by atoms with van der Waals surface area (Å²) in [7, 11) is 2.01. The lowest BCUT2D eigenvalue weighted by molar-refractivity contribution is 1.30. The molecule has 0 fully saturated rings. The molecule has 40 valence electrons. The number of nitrogens with zero attached hydrogens (tertiary/aromatic N) is 1. The third-order valence-corrected chi connectivity index (χ3v) is 1.34. The minimum Gasteiger partial charge on any atom is -0.250 e. The van der Waals surface area contributed by atoms with E-state index in [1.165, 1.54) is 5.46 Å². The van der Waals surface area contributed by atoms with Crippen molar-refractivity contribution in [3.05, 3.63) is 22.9 Å². The third-order valence-electron chi connectivity index (χ3n) is 0.875. The van der Waals surface area contributed by atoms with Crippen molar-refractivity contribution in [3.63, 3.8) is 0 Å². The van der Waals surface area contributed by atoms with Gasteiger partial charge < -0.3 is 0 Å². The van der Waals surface area contributed by atoms with Gasteiger partial charge in [-0.05, 0) is 22.0 Å². The first kappa shape index (κ1) is 5.82. The van der Waals surface area contributed by atoms with Crippen LogP contribution >= 0.6 is 15.9 Å². The molecule has 0 aromatic carbocycles. The van der Waals surface area contributed by atoms with Crippen LogP contribution in [0.5, 0.6) is 0 Å². The Hall–Kier alpha value is -0.305. The lowest BCUT2D eigenvalue weighted by Crippen LogP contribution is -2.00. The Morgan fingerprint density at radius 1 is 1.50 bits per heavy atom. The van der Waals surface area contributed by atoms with Crippen molar-refractivity contribution in [2.45, 2.75) is 0 Å². The van der Waals surface area contributed by atoms with Crippen molar-refractivity contribution in [3.8, 4) is 0 Å². The molecule has 0 atom stereocenters. The van der Waals surface area contributed by atoms with Gasteiger partial charge in [0.15, 0.2) is 0 Å². The Bertz CT molecular complexity index is 151. The van der Waals surface area contributed by atoms with Gasteiger partial charge in [-0.2, -0.15) is 0 Å². The Kier molecular flexibility index (Phi) is 1.68. The van der Waals surface area contributed by atoms with E-state index in [1.807, 2.05) is 26.2 Å². The van der Waals surface area contributed by atoms with Gasteiger partial charge in [-0.15, -0.1) is 0 Å². The highest BCUT2D eigenvalue weighted by molar-refractivity contribution is 9.10. The normalized spacial score (nSPS) is 9.12. The zero-order chi connectivity index (χ0) is 5.98. The molecule has 0 bridgehead atoms. The molecule has 1 aromatic rings.